The van der Waals surface area contributed by atoms with Crippen LogP contribution in [0.1, 0.15) is 0 Å². The minimum atomic E-state index is 0.162. The number of aromatic nitrogens is 4. The zero-order chi connectivity index (χ0) is 18.4. The van der Waals surface area contributed by atoms with E-state index in [0.29, 0.717) is 16.6 Å². The average Bonchev–Trinajstić information content (AvgIpc) is 3.28. The number of fused-ring (bicyclic) bond motifs is 2. The number of aromatic amines is 1. The highest BCUT2D eigenvalue weighted by Crippen LogP contribution is 2.31. The Hall–Kier alpha value is -3.51. The van der Waals surface area contributed by atoms with Crippen LogP contribution in [0.15, 0.2) is 67.0 Å². The van der Waals surface area contributed by atoms with Gasteiger partial charge in [0.25, 0.3) is 0 Å². The number of rotatable bonds is 3. The SMILES string of the molecule is Oc1ccc(Cl)c(-c2ccc3nc(Nc4ccc5cc[nH]c5c4)nn3c2)c1. The molecule has 0 fully saturated rings. The largest absolute Gasteiger partial charge is 0.508 e. The number of H-pyrrole nitrogens is 1. The monoisotopic (exact) mass is 375 g/mol. The van der Waals surface area contributed by atoms with Gasteiger partial charge in [-0.05, 0) is 53.9 Å². The molecule has 0 spiro atoms. The van der Waals surface area contributed by atoms with E-state index in [4.69, 9.17) is 11.6 Å². The molecule has 3 heterocycles. The molecule has 0 radical (unpaired) electrons. The quantitative estimate of drug-likeness (QED) is 0.415. The molecular formula is C20H14ClN5O. The smallest absolute Gasteiger partial charge is 0.247 e. The summed E-state index contributed by atoms with van der Waals surface area (Å²) in [5, 5.41) is 19.2. The summed E-state index contributed by atoms with van der Waals surface area (Å²) < 4.78 is 1.69. The van der Waals surface area contributed by atoms with Gasteiger partial charge in [0.2, 0.25) is 5.95 Å². The Morgan fingerprint density at radius 3 is 2.89 bits per heavy atom. The fourth-order valence-electron chi connectivity index (χ4n) is 3.08. The van der Waals surface area contributed by atoms with Crippen molar-refractivity contribution >= 4 is 39.8 Å². The highest BCUT2D eigenvalue weighted by molar-refractivity contribution is 6.33. The van der Waals surface area contributed by atoms with Crippen molar-refractivity contribution in [1.29, 1.82) is 0 Å². The molecule has 2 aromatic carbocycles. The van der Waals surface area contributed by atoms with Gasteiger partial charge in [0.15, 0.2) is 5.65 Å². The first kappa shape index (κ1) is 15.7. The van der Waals surface area contributed by atoms with Gasteiger partial charge in [-0.1, -0.05) is 17.7 Å². The van der Waals surface area contributed by atoms with Gasteiger partial charge in [0, 0.05) is 39.7 Å². The average molecular weight is 376 g/mol. The Kier molecular flexibility index (Phi) is 3.51. The number of nitrogens with zero attached hydrogens (tertiary/aromatic N) is 3. The molecule has 132 valence electrons. The number of nitrogens with one attached hydrogen (secondary N) is 2. The Morgan fingerprint density at radius 2 is 1.96 bits per heavy atom. The van der Waals surface area contributed by atoms with Gasteiger partial charge in [0.1, 0.15) is 5.75 Å². The zero-order valence-electron chi connectivity index (χ0n) is 14.0. The summed E-state index contributed by atoms with van der Waals surface area (Å²) in [5.41, 5.74) is 4.23. The summed E-state index contributed by atoms with van der Waals surface area (Å²) in [4.78, 5) is 7.69. The van der Waals surface area contributed by atoms with Crippen molar-refractivity contribution in [1.82, 2.24) is 19.6 Å². The first-order chi connectivity index (χ1) is 13.2. The zero-order valence-corrected chi connectivity index (χ0v) is 14.8. The molecule has 0 bridgehead atoms. The minimum absolute atomic E-state index is 0.162. The van der Waals surface area contributed by atoms with Crippen molar-refractivity contribution in [3.63, 3.8) is 0 Å². The molecule has 3 N–H and O–H groups in total. The van der Waals surface area contributed by atoms with Crippen LogP contribution in [0.4, 0.5) is 11.6 Å². The van der Waals surface area contributed by atoms with Crippen LogP contribution in [-0.2, 0) is 0 Å². The number of aromatic hydroxyl groups is 1. The second-order valence-electron chi connectivity index (χ2n) is 6.22. The van der Waals surface area contributed by atoms with Gasteiger partial charge in [-0.2, -0.15) is 4.98 Å². The summed E-state index contributed by atoms with van der Waals surface area (Å²) >= 11 is 6.26. The maximum Gasteiger partial charge on any atom is 0.247 e. The Labute approximate surface area is 159 Å². The first-order valence-electron chi connectivity index (χ1n) is 8.35. The third kappa shape index (κ3) is 2.86. The Balaban J connectivity index is 1.50. The third-order valence-corrected chi connectivity index (χ3v) is 4.73. The van der Waals surface area contributed by atoms with Crippen LogP contribution in [-0.4, -0.2) is 24.7 Å². The second-order valence-corrected chi connectivity index (χ2v) is 6.63. The number of hydrogen-bond donors (Lipinski definition) is 3. The lowest BCUT2D eigenvalue weighted by Gasteiger charge is -2.05. The lowest BCUT2D eigenvalue weighted by Crippen LogP contribution is -1.93. The number of hydrogen-bond acceptors (Lipinski definition) is 4. The Bertz CT molecular complexity index is 1290. The third-order valence-electron chi connectivity index (χ3n) is 4.40. The van der Waals surface area contributed by atoms with Gasteiger partial charge < -0.3 is 15.4 Å². The first-order valence-corrected chi connectivity index (χ1v) is 8.73. The summed E-state index contributed by atoms with van der Waals surface area (Å²) in [6.07, 6.45) is 3.74. The molecule has 0 aliphatic heterocycles. The van der Waals surface area contributed by atoms with Crippen LogP contribution in [0.5, 0.6) is 5.75 Å². The van der Waals surface area contributed by atoms with E-state index in [1.807, 2.05) is 48.8 Å². The lowest BCUT2D eigenvalue weighted by atomic mass is 10.1. The molecule has 0 unspecified atom stereocenters. The van der Waals surface area contributed by atoms with Crippen molar-refractivity contribution in [2.45, 2.75) is 0 Å². The van der Waals surface area contributed by atoms with E-state index in [9.17, 15) is 5.11 Å². The van der Waals surface area contributed by atoms with Crippen LogP contribution in [0, 0.1) is 0 Å². The summed E-state index contributed by atoms with van der Waals surface area (Å²) in [6, 6.07) is 16.7. The van der Waals surface area contributed by atoms with E-state index < -0.39 is 0 Å². The number of anilines is 2. The van der Waals surface area contributed by atoms with Crippen molar-refractivity contribution in [2.24, 2.45) is 0 Å². The number of halogens is 1. The predicted molar refractivity (Wildman–Crippen MR) is 107 cm³/mol. The summed E-state index contributed by atoms with van der Waals surface area (Å²) in [5.74, 6) is 0.662. The fourth-order valence-corrected chi connectivity index (χ4v) is 3.31. The molecule has 27 heavy (non-hydrogen) atoms. The van der Waals surface area contributed by atoms with Gasteiger partial charge in [-0.3, -0.25) is 0 Å². The topological polar surface area (TPSA) is 78.2 Å². The maximum absolute atomic E-state index is 9.73. The van der Waals surface area contributed by atoms with E-state index in [1.54, 1.807) is 22.7 Å². The van der Waals surface area contributed by atoms with Gasteiger partial charge in [0.05, 0.1) is 0 Å². The number of phenols is 1. The lowest BCUT2D eigenvalue weighted by molar-refractivity contribution is 0.475. The molecule has 0 atom stereocenters. The molecular weight excluding hydrogens is 362 g/mol. The minimum Gasteiger partial charge on any atom is -0.508 e. The van der Waals surface area contributed by atoms with E-state index >= 15 is 0 Å². The van der Waals surface area contributed by atoms with Gasteiger partial charge >= 0.3 is 0 Å². The van der Waals surface area contributed by atoms with E-state index in [-0.39, 0.29) is 5.75 Å². The molecule has 0 aliphatic rings. The molecule has 0 aliphatic carbocycles. The van der Waals surface area contributed by atoms with E-state index in [0.717, 1.165) is 27.7 Å². The number of phenolic OH excluding ortho intramolecular Hbond substituents is 1. The highest BCUT2D eigenvalue weighted by atomic mass is 35.5. The molecule has 5 rings (SSSR count). The summed E-state index contributed by atoms with van der Waals surface area (Å²) in [6.45, 7) is 0. The van der Waals surface area contributed by atoms with Crippen LogP contribution in [0.2, 0.25) is 5.02 Å². The van der Waals surface area contributed by atoms with E-state index in [1.165, 1.54) is 0 Å². The molecule has 0 saturated heterocycles. The van der Waals surface area contributed by atoms with E-state index in [2.05, 4.69) is 20.4 Å². The van der Waals surface area contributed by atoms with Crippen LogP contribution in [0.3, 0.4) is 0 Å². The Morgan fingerprint density at radius 1 is 1.04 bits per heavy atom. The normalized spacial score (nSPS) is 11.3. The number of pyridine rings is 1. The molecule has 5 aromatic rings. The molecule has 3 aromatic heterocycles. The number of benzene rings is 2. The molecule has 0 saturated carbocycles. The van der Waals surface area contributed by atoms with Crippen molar-refractivity contribution < 1.29 is 5.11 Å². The predicted octanol–water partition coefficient (Wildman–Crippen LogP) is 4.98. The highest BCUT2D eigenvalue weighted by Gasteiger charge is 2.09. The van der Waals surface area contributed by atoms with Crippen molar-refractivity contribution in [2.75, 3.05) is 5.32 Å². The molecule has 0 amide bonds. The maximum atomic E-state index is 9.73. The van der Waals surface area contributed by atoms with Crippen molar-refractivity contribution in [3.05, 3.63) is 72.0 Å². The second kappa shape index (κ2) is 6.03. The molecule has 6 nitrogen and oxygen atoms in total. The van der Waals surface area contributed by atoms with Crippen molar-refractivity contribution in [3.8, 4) is 16.9 Å². The van der Waals surface area contributed by atoms with Crippen LogP contribution >= 0.6 is 11.6 Å². The van der Waals surface area contributed by atoms with Gasteiger partial charge in [-0.15, -0.1) is 5.10 Å². The molecule has 7 heteroatoms. The fraction of sp³-hybridized carbons (Fsp3) is 0. The summed E-state index contributed by atoms with van der Waals surface area (Å²) in [7, 11) is 0. The van der Waals surface area contributed by atoms with Crippen LogP contribution < -0.4 is 5.32 Å². The van der Waals surface area contributed by atoms with Gasteiger partial charge in [-0.25, -0.2) is 4.52 Å². The van der Waals surface area contributed by atoms with Crippen LogP contribution in [0.25, 0.3) is 27.7 Å². The standard InChI is InChI=1S/C20H14ClN5O/c21-17-5-4-15(27)10-16(17)13-2-6-19-24-20(25-26(19)11-13)23-14-3-1-12-7-8-22-18(12)9-14/h1-11,22,27H,(H,23,25).